The number of ether oxygens (including phenoxy) is 1. The van der Waals surface area contributed by atoms with Gasteiger partial charge < -0.3 is 10.1 Å². The second-order valence-corrected chi connectivity index (χ2v) is 5.47. The fraction of sp³-hybridized carbons (Fsp3) is 0.600. The average molecular weight is 268 g/mol. The van der Waals surface area contributed by atoms with Crippen LogP contribution in [0.2, 0.25) is 5.02 Å². The maximum absolute atomic E-state index is 6.31. The van der Waals surface area contributed by atoms with Crippen LogP contribution in [0.15, 0.2) is 18.2 Å². The van der Waals surface area contributed by atoms with Gasteiger partial charge in [-0.15, -0.1) is 0 Å². The summed E-state index contributed by atoms with van der Waals surface area (Å²) in [4.78, 5) is 0. The largest absolute Gasteiger partial charge is 0.489 e. The third-order valence-electron chi connectivity index (χ3n) is 3.72. The molecular weight excluding hydrogens is 246 g/mol. The second kappa shape index (κ2) is 6.44. The molecule has 1 heterocycles. The summed E-state index contributed by atoms with van der Waals surface area (Å²) in [6.07, 6.45) is 3.55. The standard InChI is InChI=1S/C15H22ClNO/c1-3-11(2)12-4-5-15(14(16)10-12)18-13-6-8-17-9-7-13/h4-5,10-11,13,17H,3,6-9H2,1-2H3. The second-order valence-electron chi connectivity index (χ2n) is 5.07. The third kappa shape index (κ3) is 3.39. The molecule has 1 saturated heterocycles. The molecule has 1 fully saturated rings. The lowest BCUT2D eigenvalue weighted by Crippen LogP contribution is -2.34. The fourth-order valence-electron chi connectivity index (χ4n) is 2.25. The van der Waals surface area contributed by atoms with Crippen molar-refractivity contribution < 1.29 is 4.74 Å². The minimum atomic E-state index is 0.304. The van der Waals surface area contributed by atoms with E-state index < -0.39 is 0 Å². The van der Waals surface area contributed by atoms with E-state index in [0.29, 0.717) is 12.0 Å². The first kappa shape index (κ1) is 13.7. The van der Waals surface area contributed by atoms with Crippen molar-refractivity contribution in [1.82, 2.24) is 5.32 Å². The van der Waals surface area contributed by atoms with Gasteiger partial charge in [0.05, 0.1) is 5.02 Å². The van der Waals surface area contributed by atoms with Crippen molar-refractivity contribution in [2.45, 2.75) is 45.1 Å². The van der Waals surface area contributed by atoms with Gasteiger partial charge in [-0.1, -0.05) is 31.5 Å². The highest BCUT2D eigenvalue weighted by atomic mass is 35.5. The normalized spacial score (nSPS) is 18.6. The summed E-state index contributed by atoms with van der Waals surface area (Å²) in [5.41, 5.74) is 1.29. The molecule has 0 saturated carbocycles. The maximum atomic E-state index is 6.31. The number of nitrogens with one attached hydrogen (secondary N) is 1. The minimum Gasteiger partial charge on any atom is -0.489 e. The smallest absolute Gasteiger partial charge is 0.138 e. The molecule has 1 aromatic rings. The Balaban J connectivity index is 2.04. The van der Waals surface area contributed by atoms with Gasteiger partial charge in [-0.25, -0.2) is 0 Å². The summed E-state index contributed by atoms with van der Waals surface area (Å²) in [6.45, 7) is 6.48. The van der Waals surface area contributed by atoms with Crippen LogP contribution in [0, 0.1) is 0 Å². The van der Waals surface area contributed by atoms with E-state index in [-0.39, 0.29) is 0 Å². The molecule has 2 nitrogen and oxygen atoms in total. The van der Waals surface area contributed by atoms with Crippen LogP contribution in [0.4, 0.5) is 0 Å². The van der Waals surface area contributed by atoms with E-state index in [1.54, 1.807) is 0 Å². The zero-order valence-corrected chi connectivity index (χ0v) is 12.0. The Morgan fingerprint density at radius 1 is 1.39 bits per heavy atom. The van der Waals surface area contributed by atoms with Crippen molar-refractivity contribution in [2.24, 2.45) is 0 Å². The monoisotopic (exact) mass is 267 g/mol. The van der Waals surface area contributed by atoms with Gasteiger partial charge in [0.2, 0.25) is 0 Å². The molecule has 18 heavy (non-hydrogen) atoms. The lowest BCUT2D eigenvalue weighted by Gasteiger charge is -2.24. The van der Waals surface area contributed by atoms with E-state index in [2.05, 4.69) is 25.2 Å². The fourth-order valence-corrected chi connectivity index (χ4v) is 2.48. The van der Waals surface area contributed by atoms with Crippen LogP contribution in [0.1, 0.15) is 44.6 Å². The van der Waals surface area contributed by atoms with Gasteiger partial charge >= 0.3 is 0 Å². The predicted molar refractivity (Wildman–Crippen MR) is 76.7 cm³/mol. The summed E-state index contributed by atoms with van der Waals surface area (Å²) in [6, 6.07) is 6.20. The zero-order valence-electron chi connectivity index (χ0n) is 11.2. The Morgan fingerprint density at radius 2 is 2.11 bits per heavy atom. The molecule has 0 aliphatic carbocycles. The summed E-state index contributed by atoms with van der Waals surface area (Å²) in [7, 11) is 0. The lowest BCUT2D eigenvalue weighted by atomic mass is 9.99. The van der Waals surface area contributed by atoms with E-state index in [9.17, 15) is 0 Å². The molecule has 1 aliphatic rings. The first-order valence-electron chi connectivity index (χ1n) is 6.87. The number of piperidine rings is 1. The number of rotatable bonds is 4. The molecule has 0 radical (unpaired) electrons. The molecule has 1 N–H and O–H groups in total. The Bertz CT molecular complexity index is 388. The quantitative estimate of drug-likeness (QED) is 0.891. The SMILES string of the molecule is CCC(C)c1ccc(OC2CCNCC2)c(Cl)c1. The van der Waals surface area contributed by atoms with Gasteiger partial charge in [-0.2, -0.15) is 0 Å². The topological polar surface area (TPSA) is 21.3 Å². The van der Waals surface area contributed by atoms with Crippen LogP contribution in [-0.2, 0) is 0 Å². The first-order chi connectivity index (χ1) is 8.70. The Labute approximate surface area is 115 Å². The zero-order chi connectivity index (χ0) is 13.0. The minimum absolute atomic E-state index is 0.304. The van der Waals surface area contributed by atoms with Gasteiger partial charge in [-0.05, 0) is 56.0 Å². The molecule has 3 heteroatoms. The van der Waals surface area contributed by atoms with E-state index in [0.717, 1.165) is 43.1 Å². The van der Waals surface area contributed by atoms with Crippen LogP contribution in [0.5, 0.6) is 5.75 Å². The highest BCUT2D eigenvalue weighted by molar-refractivity contribution is 6.32. The number of hydrogen-bond acceptors (Lipinski definition) is 2. The molecule has 1 atom stereocenters. The van der Waals surface area contributed by atoms with Crippen molar-refractivity contribution in [3.63, 3.8) is 0 Å². The number of benzene rings is 1. The molecule has 1 unspecified atom stereocenters. The molecule has 1 aromatic carbocycles. The Hall–Kier alpha value is -0.730. The number of halogens is 1. The van der Waals surface area contributed by atoms with Crippen molar-refractivity contribution >= 4 is 11.6 Å². The van der Waals surface area contributed by atoms with Gasteiger partial charge in [0.15, 0.2) is 0 Å². The molecule has 100 valence electrons. The number of hydrogen-bond donors (Lipinski definition) is 1. The lowest BCUT2D eigenvalue weighted by molar-refractivity contribution is 0.162. The highest BCUT2D eigenvalue weighted by Gasteiger charge is 2.16. The molecular formula is C15H22ClNO. The first-order valence-corrected chi connectivity index (χ1v) is 7.25. The molecule has 0 amide bonds. The van der Waals surface area contributed by atoms with Crippen molar-refractivity contribution in [3.05, 3.63) is 28.8 Å². The molecule has 0 spiro atoms. The molecule has 0 aromatic heterocycles. The van der Waals surface area contributed by atoms with Crippen LogP contribution in [-0.4, -0.2) is 19.2 Å². The van der Waals surface area contributed by atoms with Crippen molar-refractivity contribution in [3.8, 4) is 5.75 Å². The van der Waals surface area contributed by atoms with Crippen LogP contribution in [0.25, 0.3) is 0 Å². The van der Waals surface area contributed by atoms with E-state index >= 15 is 0 Å². The van der Waals surface area contributed by atoms with Crippen molar-refractivity contribution in [2.75, 3.05) is 13.1 Å². The molecule has 1 aliphatic heterocycles. The molecule has 2 rings (SSSR count). The summed E-state index contributed by atoms with van der Waals surface area (Å²) >= 11 is 6.31. The molecule has 0 bridgehead atoms. The van der Waals surface area contributed by atoms with Crippen LogP contribution in [0.3, 0.4) is 0 Å². The Morgan fingerprint density at radius 3 is 2.72 bits per heavy atom. The summed E-state index contributed by atoms with van der Waals surface area (Å²) in [5, 5.41) is 4.08. The maximum Gasteiger partial charge on any atom is 0.138 e. The predicted octanol–water partition coefficient (Wildman–Crippen LogP) is 3.98. The van der Waals surface area contributed by atoms with E-state index in [1.165, 1.54) is 5.56 Å². The van der Waals surface area contributed by atoms with Crippen LogP contribution >= 0.6 is 11.6 Å². The average Bonchev–Trinajstić information content (AvgIpc) is 2.41. The van der Waals surface area contributed by atoms with Gasteiger partial charge in [0, 0.05) is 0 Å². The van der Waals surface area contributed by atoms with Gasteiger partial charge in [0.25, 0.3) is 0 Å². The third-order valence-corrected chi connectivity index (χ3v) is 4.01. The summed E-state index contributed by atoms with van der Waals surface area (Å²) in [5.74, 6) is 1.38. The van der Waals surface area contributed by atoms with Gasteiger partial charge in [0.1, 0.15) is 11.9 Å². The Kier molecular flexibility index (Phi) is 4.90. The van der Waals surface area contributed by atoms with Crippen molar-refractivity contribution in [1.29, 1.82) is 0 Å². The van der Waals surface area contributed by atoms with E-state index in [4.69, 9.17) is 16.3 Å². The highest BCUT2D eigenvalue weighted by Crippen LogP contribution is 2.31. The van der Waals surface area contributed by atoms with Crippen LogP contribution < -0.4 is 10.1 Å². The van der Waals surface area contributed by atoms with Gasteiger partial charge in [-0.3, -0.25) is 0 Å². The summed E-state index contributed by atoms with van der Waals surface area (Å²) < 4.78 is 5.98. The van der Waals surface area contributed by atoms with E-state index in [1.807, 2.05) is 12.1 Å².